The van der Waals surface area contributed by atoms with Gasteiger partial charge in [0.25, 0.3) is 0 Å². The molecule has 0 aliphatic rings. The summed E-state index contributed by atoms with van der Waals surface area (Å²) in [6.45, 7) is 3.41. The van der Waals surface area contributed by atoms with Crippen molar-refractivity contribution in [2.24, 2.45) is 0 Å². The molecule has 27 heavy (non-hydrogen) atoms. The smallest absolute Gasteiger partial charge is 0.225 e. The molecule has 2 atom stereocenters. The van der Waals surface area contributed by atoms with E-state index in [0.29, 0.717) is 5.02 Å². The van der Waals surface area contributed by atoms with Crippen LogP contribution >= 0.6 is 11.6 Å². The number of nitrogens with zero attached hydrogens (tertiary/aromatic N) is 1. The molecule has 0 saturated carbocycles. The van der Waals surface area contributed by atoms with Gasteiger partial charge in [0.05, 0.1) is 25.6 Å². The molecular formula is C21H25ClN2O3. The SMILES string of the molecule is COc1ccc(C(CC(=O)N(C)C(C)c2ccc(Cl)cc2)NC(C)=O)cc1. The Morgan fingerprint density at radius 1 is 1.07 bits per heavy atom. The quantitative estimate of drug-likeness (QED) is 0.775. The highest BCUT2D eigenvalue weighted by atomic mass is 35.5. The predicted molar refractivity (Wildman–Crippen MR) is 107 cm³/mol. The molecule has 2 aromatic carbocycles. The molecule has 2 rings (SSSR count). The molecule has 2 unspecified atom stereocenters. The molecule has 0 bridgehead atoms. The van der Waals surface area contributed by atoms with Crippen LogP contribution in [0.15, 0.2) is 48.5 Å². The Labute approximate surface area is 165 Å². The first-order chi connectivity index (χ1) is 12.8. The summed E-state index contributed by atoms with van der Waals surface area (Å²) in [5.74, 6) is 0.476. The van der Waals surface area contributed by atoms with Crippen LogP contribution < -0.4 is 10.1 Å². The number of amides is 2. The zero-order chi connectivity index (χ0) is 20.0. The first-order valence-corrected chi connectivity index (χ1v) is 9.11. The van der Waals surface area contributed by atoms with Gasteiger partial charge in [-0.2, -0.15) is 0 Å². The van der Waals surface area contributed by atoms with Gasteiger partial charge < -0.3 is 15.0 Å². The van der Waals surface area contributed by atoms with E-state index >= 15 is 0 Å². The second-order valence-corrected chi connectivity index (χ2v) is 6.90. The lowest BCUT2D eigenvalue weighted by Crippen LogP contribution is -2.35. The maximum Gasteiger partial charge on any atom is 0.225 e. The van der Waals surface area contributed by atoms with Crippen molar-refractivity contribution in [3.05, 3.63) is 64.7 Å². The fourth-order valence-electron chi connectivity index (χ4n) is 2.83. The number of hydrogen-bond acceptors (Lipinski definition) is 3. The minimum absolute atomic E-state index is 0.0629. The van der Waals surface area contributed by atoms with Crippen LogP contribution in [0.3, 0.4) is 0 Å². The van der Waals surface area contributed by atoms with E-state index in [9.17, 15) is 9.59 Å². The summed E-state index contributed by atoms with van der Waals surface area (Å²) in [6.07, 6.45) is 0.167. The second kappa shape index (κ2) is 9.42. The second-order valence-electron chi connectivity index (χ2n) is 6.46. The molecule has 0 aromatic heterocycles. The summed E-state index contributed by atoms with van der Waals surface area (Å²) in [4.78, 5) is 26.1. The summed E-state index contributed by atoms with van der Waals surface area (Å²) < 4.78 is 5.17. The van der Waals surface area contributed by atoms with E-state index in [1.54, 1.807) is 19.1 Å². The Balaban J connectivity index is 2.13. The summed E-state index contributed by atoms with van der Waals surface area (Å²) >= 11 is 5.94. The fraction of sp³-hybridized carbons (Fsp3) is 0.333. The average molecular weight is 389 g/mol. The Kier molecular flexibility index (Phi) is 7.25. The van der Waals surface area contributed by atoms with Crippen molar-refractivity contribution >= 4 is 23.4 Å². The number of carbonyl (C=O) groups excluding carboxylic acids is 2. The van der Waals surface area contributed by atoms with Crippen LogP contribution in [0, 0.1) is 0 Å². The first kappa shape index (κ1) is 20.8. The largest absolute Gasteiger partial charge is 0.497 e. The average Bonchev–Trinajstić information content (AvgIpc) is 2.66. The van der Waals surface area contributed by atoms with E-state index in [1.165, 1.54) is 6.92 Å². The molecule has 0 heterocycles. The van der Waals surface area contributed by atoms with Crippen molar-refractivity contribution < 1.29 is 14.3 Å². The third-order valence-corrected chi connectivity index (χ3v) is 4.85. The van der Waals surface area contributed by atoms with Crippen molar-refractivity contribution in [1.29, 1.82) is 0 Å². The van der Waals surface area contributed by atoms with Gasteiger partial charge in [-0.25, -0.2) is 0 Å². The maximum atomic E-state index is 12.8. The van der Waals surface area contributed by atoms with Gasteiger partial charge in [0.15, 0.2) is 0 Å². The predicted octanol–water partition coefficient (Wildman–Crippen LogP) is 4.14. The highest BCUT2D eigenvalue weighted by Gasteiger charge is 2.23. The van der Waals surface area contributed by atoms with Crippen molar-refractivity contribution in [3.63, 3.8) is 0 Å². The van der Waals surface area contributed by atoms with Gasteiger partial charge in [-0.3, -0.25) is 9.59 Å². The zero-order valence-corrected chi connectivity index (χ0v) is 16.8. The van der Waals surface area contributed by atoms with Crippen LogP contribution in [-0.4, -0.2) is 30.9 Å². The highest BCUT2D eigenvalue weighted by Crippen LogP contribution is 2.25. The zero-order valence-electron chi connectivity index (χ0n) is 16.0. The first-order valence-electron chi connectivity index (χ1n) is 8.74. The number of nitrogens with one attached hydrogen (secondary N) is 1. The van der Waals surface area contributed by atoms with Gasteiger partial charge in [-0.15, -0.1) is 0 Å². The lowest BCUT2D eigenvalue weighted by Gasteiger charge is -2.28. The summed E-state index contributed by atoms with van der Waals surface area (Å²) in [7, 11) is 3.36. The summed E-state index contributed by atoms with van der Waals surface area (Å²) in [5.41, 5.74) is 1.85. The van der Waals surface area contributed by atoms with Crippen LogP contribution in [0.25, 0.3) is 0 Å². The number of carbonyl (C=O) groups is 2. The fourth-order valence-corrected chi connectivity index (χ4v) is 2.96. The third-order valence-electron chi connectivity index (χ3n) is 4.60. The highest BCUT2D eigenvalue weighted by molar-refractivity contribution is 6.30. The minimum Gasteiger partial charge on any atom is -0.497 e. The normalized spacial score (nSPS) is 12.8. The van der Waals surface area contributed by atoms with Crippen LogP contribution in [0.4, 0.5) is 0 Å². The van der Waals surface area contributed by atoms with E-state index in [2.05, 4.69) is 5.32 Å². The molecule has 0 aliphatic heterocycles. The van der Waals surface area contributed by atoms with Gasteiger partial charge in [0.2, 0.25) is 11.8 Å². The molecule has 0 aliphatic carbocycles. The van der Waals surface area contributed by atoms with Gasteiger partial charge >= 0.3 is 0 Å². The van der Waals surface area contributed by atoms with E-state index < -0.39 is 6.04 Å². The van der Waals surface area contributed by atoms with E-state index in [0.717, 1.165) is 16.9 Å². The Morgan fingerprint density at radius 3 is 2.15 bits per heavy atom. The van der Waals surface area contributed by atoms with E-state index in [-0.39, 0.29) is 24.3 Å². The van der Waals surface area contributed by atoms with E-state index in [1.807, 2.05) is 55.5 Å². The standard InChI is InChI=1S/C21H25ClN2O3/c1-14(16-5-9-18(22)10-6-16)24(3)21(26)13-20(23-15(2)25)17-7-11-19(27-4)12-8-17/h5-12,14,20H,13H2,1-4H3,(H,23,25). The van der Waals surface area contributed by atoms with Crippen LogP contribution in [0.1, 0.15) is 43.5 Å². The molecule has 144 valence electrons. The molecule has 0 spiro atoms. The van der Waals surface area contributed by atoms with Crippen molar-refractivity contribution in [3.8, 4) is 5.75 Å². The monoisotopic (exact) mass is 388 g/mol. The molecule has 0 saturated heterocycles. The molecule has 6 heteroatoms. The molecule has 5 nitrogen and oxygen atoms in total. The molecule has 0 radical (unpaired) electrons. The van der Waals surface area contributed by atoms with Gasteiger partial charge in [-0.1, -0.05) is 35.9 Å². The lowest BCUT2D eigenvalue weighted by molar-refractivity contribution is -0.132. The Morgan fingerprint density at radius 2 is 1.63 bits per heavy atom. The summed E-state index contributed by atoms with van der Waals surface area (Å²) in [6, 6.07) is 14.3. The van der Waals surface area contributed by atoms with Gasteiger partial charge in [0.1, 0.15) is 5.75 Å². The third kappa shape index (κ3) is 5.73. The molecule has 1 N–H and O–H groups in total. The molecule has 2 amide bonds. The van der Waals surface area contributed by atoms with Crippen LogP contribution in [0.2, 0.25) is 5.02 Å². The maximum absolute atomic E-state index is 12.8. The molecular weight excluding hydrogens is 364 g/mol. The van der Waals surface area contributed by atoms with Crippen LogP contribution in [-0.2, 0) is 9.59 Å². The van der Waals surface area contributed by atoms with Crippen molar-refractivity contribution in [2.75, 3.05) is 14.2 Å². The lowest BCUT2D eigenvalue weighted by atomic mass is 10.0. The number of rotatable bonds is 7. The molecule has 0 fully saturated rings. The van der Waals surface area contributed by atoms with Gasteiger partial charge in [-0.05, 0) is 42.3 Å². The molecule has 2 aromatic rings. The van der Waals surface area contributed by atoms with Crippen molar-refractivity contribution in [1.82, 2.24) is 10.2 Å². The Bertz CT molecular complexity index is 775. The number of ether oxygens (including phenoxy) is 1. The number of methoxy groups -OCH3 is 1. The van der Waals surface area contributed by atoms with Crippen LogP contribution in [0.5, 0.6) is 5.75 Å². The van der Waals surface area contributed by atoms with Crippen molar-refractivity contribution in [2.45, 2.75) is 32.4 Å². The van der Waals surface area contributed by atoms with Gasteiger partial charge in [0, 0.05) is 19.0 Å². The Hall–Kier alpha value is -2.53. The minimum atomic E-state index is -0.402. The number of benzene rings is 2. The number of halogens is 1. The topological polar surface area (TPSA) is 58.6 Å². The number of hydrogen-bond donors (Lipinski definition) is 1. The summed E-state index contributed by atoms with van der Waals surface area (Å²) in [5, 5.41) is 3.52. The van der Waals surface area contributed by atoms with E-state index in [4.69, 9.17) is 16.3 Å².